The Balaban J connectivity index is 4.18. The number of hydrogen-bond acceptors (Lipinski definition) is 3. The van der Waals surface area contributed by atoms with Gasteiger partial charge in [0.15, 0.2) is 0 Å². The van der Waals surface area contributed by atoms with Gasteiger partial charge in [-0.05, 0) is 116 Å². The Kier molecular flexibility index (Phi) is 40.2. The molecule has 0 rings (SSSR count). The van der Waals surface area contributed by atoms with Crippen LogP contribution in [0, 0.1) is 0 Å². The molecule has 0 amide bonds. The smallest absolute Gasteiger partial charge is 0.306 e. The van der Waals surface area contributed by atoms with Crippen molar-refractivity contribution in [3.05, 3.63) is 85.1 Å². The standard InChI is InChI=1S/C48H80O4/c1-3-5-7-9-11-13-15-17-19-20-21-22-24-26-28-30-32-37-41-45-48(51)52-46(43-39-35-33-36-40-44-47(49)50)42-38-34-31-29-27-25-23-18-16-14-12-10-8-6-4-2/h5,7,11,13,16-19,21-22,25-28,46H,3-4,6,8-10,12,14-15,20,23-24,29-45H2,1-2H3,(H,49,50)/b7-5-,13-11-,18-16-,19-17-,22-21-,27-25-,28-26-. The lowest BCUT2D eigenvalue weighted by molar-refractivity contribution is -0.150. The lowest BCUT2D eigenvalue weighted by atomic mass is 10.0. The van der Waals surface area contributed by atoms with Gasteiger partial charge in [0.05, 0.1) is 0 Å². The number of carbonyl (C=O) groups is 2. The van der Waals surface area contributed by atoms with Crippen molar-refractivity contribution >= 4 is 11.9 Å². The molecule has 0 fully saturated rings. The number of carbonyl (C=O) groups excluding carboxylic acids is 1. The van der Waals surface area contributed by atoms with Crippen molar-refractivity contribution in [3.8, 4) is 0 Å². The molecule has 1 N–H and O–H groups in total. The van der Waals surface area contributed by atoms with Crippen molar-refractivity contribution in [1.29, 1.82) is 0 Å². The summed E-state index contributed by atoms with van der Waals surface area (Å²) in [6.45, 7) is 4.42. The minimum atomic E-state index is -0.711. The third kappa shape index (κ3) is 41.5. The fraction of sp³-hybridized carbons (Fsp3) is 0.667. The Hall–Kier alpha value is -2.88. The minimum Gasteiger partial charge on any atom is -0.481 e. The summed E-state index contributed by atoms with van der Waals surface area (Å²) >= 11 is 0. The lowest BCUT2D eigenvalue weighted by Gasteiger charge is -2.18. The normalized spacial score (nSPS) is 13.1. The van der Waals surface area contributed by atoms with E-state index >= 15 is 0 Å². The maximum Gasteiger partial charge on any atom is 0.306 e. The van der Waals surface area contributed by atoms with Gasteiger partial charge in [-0.2, -0.15) is 0 Å². The fourth-order valence-corrected chi connectivity index (χ4v) is 5.95. The summed E-state index contributed by atoms with van der Waals surface area (Å²) in [5.74, 6) is -0.754. The van der Waals surface area contributed by atoms with E-state index in [1.165, 1.54) is 44.9 Å². The van der Waals surface area contributed by atoms with Crippen molar-refractivity contribution in [2.24, 2.45) is 0 Å². The van der Waals surface area contributed by atoms with Gasteiger partial charge in [-0.25, -0.2) is 0 Å². The Bertz CT molecular complexity index is 996. The highest BCUT2D eigenvalue weighted by molar-refractivity contribution is 5.69. The van der Waals surface area contributed by atoms with Crippen LogP contribution in [0.3, 0.4) is 0 Å². The molecule has 0 saturated carbocycles. The molecule has 0 bridgehead atoms. The Morgan fingerprint density at radius 3 is 1.29 bits per heavy atom. The van der Waals surface area contributed by atoms with Gasteiger partial charge in [-0.15, -0.1) is 0 Å². The van der Waals surface area contributed by atoms with E-state index in [1.54, 1.807) is 0 Å². The van der Waals surface area contributed by atoms with Crippen LogP contribution in [0.15, 0.2) is 85.1 Å². The molecule has 4 heteroatoms. The first-order valence-electron chi connectivity index (χ1n) is 21.6. The molecular weight excluding hydrogens is 641 g/mol. The topological polar surface area (TPSA) is 63.6 Å². The van der Waals surface area contributed by atoms with E-state index in [-0.39, 0.29) is 18.5 Å². The van der Waals surface area contributed by atoms with Gasteiger partial charge in [-0.1, -0.05) is 157 Å². The first-order valence-corrected chi connectivity index (χ1v) is 21.6. The summed E-state index contributed by atoms with van der Waals surface area (Å²) in [4.78, 5) is 23.5. The van der Waals surface area contributed by atoms with E-state index in [9.17, 15) is 9.59 Å². The maximum absolute atomic E-state index is 12.7. The zero-order valence-electron chi connectivity index (χ0n) is 33.8. The molecule has 0 aliphatic carbocycles. The minimum absolute atomic E-state index is 0.00969. The summed E-state index contributed by atoms with van der Waals surface area (Å²) in [7, 11) is 0. The Morgan fingerprint density at radius 2 is 0.808 bits per heavy atom. The van der Waals surface area contributed by atoms with E-state index in [0.717, 1.165) is 128 Å². The maximum atomic E-state index is 12.7. The number of unbranched alkanes of at least 4 members (excludes halogenated alkanes) is 15. The molecule has 0 aliphatic rings. The van der Waals surface area contributed by atoms with Crippen LogP contribution >= 0.6 is 0 Å². The van der Waals surface area contributed by atoms with E-state index in [1.807, 2.05) is 0 Å². The Labute approximate surface area is 321 Å². The highest BCUT2D eigenvalue weighted by atomic mass is 16.5. The van der Waals surface area contributed by atoms with Crippen LogP contribution in [-0.2, 0) is 14.3 Å². The van der Waals surface area contributed by atoms with Crippen molar-refractivity contribution in [2.75, 3.05) is 0 Å². The average molecular weight is 721 g/mol. The second-order valence-corrected chi connectivity index (χ2v) is 14.1. The molecule has 4 nitrogen and oxygen atoms in total. The summed E-state index contributed by atoms with van der Waals surface area (Å²) in [6, 6.07) is 0. The number of esters is 1. The van der Waals surface area contributed by atoms with Crippen LogP contribution in [0.5, 0.6) is 0 Å². The largest absolute Gasteiger partial charge is 0.481 e. The van der Waals surface area contributed by atoms with Crippen LogP contribution in [0.1, 0.15) is 200 Å². The van der Waals surface area contributed by atoms with Crippen molar-refractivity contribution < 1.29 is 19.4 Å². The molecule has 1 unspecified atom stereocenters. The predicted molar refractivity (Wildman–Crippen MR) is 227 cm³/mol. The number of aliphatic carboxylic acids is 1. The second kappa shape index (κ2) is 42.5. The van der Waals surface area contributed by atoms with Gasteiger partial charge < -0.3 is 9.84 Å². The van der Waals surface area contributed by atoms with Crippen molar-refractivity contribution in [2.45, 2.75) is 206 Å². The number of carboxylic acids is 1. The summed E-state index contributed by atoms with van der Waals surface area (Å²) < 4.78 is 6.00. The third-order valence-electron chi connectivity index (χ3n) is 9.10. The first-order chi connectivity index (χ1) is 25.6. The third-order valence-corrected chi connectivity index (χ3v) is 9.10. The highest BCUT2D eigenvalue weighted by Crippen LogP contribution is 2.18. The number of ether oxygens (including phenoxy) is 1. The van der Waals surface area contributed by atoms with E-state index in [2.05, 4.69) is 98.9 Å². The van der Waals surface area contributed by atoms with Gasteiger partial charge in [0.1, 0.15) is 6.10 Å². The first kappa shape index (κ1) is 49.1. The van der Waals surface area contributed by atoms with E-state index < -0.39 is 5.97 Å². The fourth-order valence-electron chi connectivity index (χ4n) is 5.95. The van der Waals surface area contributed by atoms with Crippen LogP contribution in [0.25, 0.3) is 0 Å². The lowest BCUT2D eigenvalue weighted by Crippen LogP contribution is -2.18. The van der Waals surface area contributed by atoms with Crippen LogP contribution < -0.4 is 0 Å². The molecule has 52 heavy (non-hydrogen) atoms. The molecule has 0 aromatic carbocycles. The Morgan fingerprint density at radius 1 is 0.442 bits per heavy atom. The monoisotopic (exact) mass is 721 g/mol. The molecule has 0 saturated heterocycles. The van der Waals surface area contributed by atoms with E-state index in [0.29, 0.717) is 6.42 Å². The summed E-state index contributed by atoms with van der Waals surface area (Å²) in [6.07, 6.45) is 61.7. The molecule has 0 aliphatic heterocycles. The number of hydrogen-bond donors (Lipinski definition) is 1. The van der Waals surface area contributed by atoms with Gasteiger partial charge in [0, 0.05) is 12.8 Å². The molecular formula is C48H80O4. The van der Waals surface area contributed by atoms with Crippen LogP contribution in [-0.4, -0.2) is 23.1 Å². The average Bonchev–Trinajstić information content (AvgIpc) is 3.13. The molecule has 0 aromatic heterocycles. The summed E-state index contributed by atoms with van der Waals surface area (Å²) in [5.41, 5.74) is 0. The molecule has 1 atom stereocenters. The number of rotatable bonds is 38. The van der Waals surface area contributed by atoms with Crippen LogP contribution in [0.2, 0.25) is 0 Å². The zero-order chi connectivity index (χ0) is 37.8. The predicted octanol–water partition coefficient (Wildman–Crippen LogP) is 15.2. The highest BCUT2D eigenvalue weighted by Gasteiger charge is 2.14. The number of allylic oxidation sites excluding steroid dienone is 14. The second-order valence-electron chi connectivity index (χ2n) is 14.1. The molecule has 0 aromatic rings. The summed E-state index contributed by atoms with van der Waals surface area (Å²) in [5, 5.41) is 8.84. The van der Waals surface area contributed by atoms with Gasteiger partial charge in [-0.3, -0.25) is 9.59 Å². The SMILES string of the molecule is CC/C=C\C/C=C\C/C=C\C/C=C\C/C=C\CCCCCC(=O)OC(CCCCC/C=C\C/C=C\CCCCCCC)CCCCCCCC(=O)O. The molecule has 0 heterocycles. The van der Waals surface area contributed by atoms with Crippen LogP contribution in [0.4, 0.5) is 0 Å². The molecule has 0 radical (unpaired) electrons. The number of carboxylic acid groups (broad SMARTS) is 1. The van der Waals surface area contributed by atoms with Crippen molar-refractivity contribution in [3.63, 3.8) is 0 Å². The van der Waals surface area contributed by atoms with E-state index in [4.69, 9.17) is 9.84 Å². The quantitative estimate of drug-likeness (QED) is 0.0392. The van der Waals surface area contributed by atoms with Gasteiger partial charge in [0.25, 0.3) is 0 Å². The zero-order valence-corrected chi connectivity index (χ0v) is 33.8. The molecule has 0 spiro atoms. The molecule has 296 valence electrons. The van der Waals surface area contributed by atoms with Crippen molar-refractivity contribution in [1.82, 2.24) is 0 Å². The van der Waals surface area contributed by atoms with Gasteiger partial charge >= 0.3 is 11.9 Å². The van der Waals surface area contributed by atoms with Gasteiger partial charge in [0.2, 0.25) is 0 Å².